The second kappa shape index (κ2) is 5.30. The Morgan fingerprint density at radius 2 is 1.61 bits per heavy atom. The molecule has 0 spiro atoms. The Kier molecular flexibility index (Phi) is 3.30. The summed E-state index contributed by atoms with van der Waals surface area (Å²) in [4.78, 5) is 36.8. The summed E-state index contributed by atoms with van der Waals surface area (Å²) >= 11 is 0. The fourth-order valence-corrected chi connectivity index (χ4v) is 2.19. The second-order valence-corrected chi connectivity index (χ2v) is 4.66. The molecule has 114 valence electrons. The lowest BCUT2D eigenvalue weighted by molar-refractivity contribution is -0.394. The molecular formula is C14H8N4O5. The standard InChI is InChI=1S/C14H8N4O5/c19-14(16-8-15-12-3-1-2-4-13(12)16)9-5-10(17(20)21)7-11(6-9)18(22)23/h1-8H. The largest absolute Gasteiger partial charge is 0.277 e. The zero-order valence-corrected chi connectivity index (χ0v) is 11.4. The summed E-state index contributed by atoms with van der Waals surface area (Å²) in [6, 6.07) is 9.64. The topological polar surface area (TPSA) is 121 Å². The molecule has 0 amide bonds. The fourth-order valence-electron chi connectivity index (χ4n) is 2.19. The molecule has 1 heterocycles. The first-order valence-corrected chi connectivity index (χ1v) is 6.38. The van der Waals surface area contributed by atoms with E-state index in [1.807, 2.05) is 0 Å². The highest BCUT2D eigenvalue weighted by Crippen LogP contribution is 2.24. The van der Waals surface area contributed by atoms with Gasteiger partial charge in [0.25, 0.3) is 17.3 Å². The zero-order chi connectivity index (χ0) is 16.6. The molecule has 0 atom stereocenters. The van der Waals surface area contributed by atoms with Crippen LogP contribution in [0, 0.1) is 20.2 Å². The van der Waals surface area contributed by atoms with Crippen LogP contribution in [0.3, 0.4) is 0 Å². The predicted octanol–water partition coefficient (Wildman–Crippen LogP) is 2.54. The Labute approximate surface area is 128 Å². The van der Waals surface area contributed by atoms with E-state index in [-0.39, 0.29) is 5.56 Å². The van der Waals surface area contributed by atoms with Crippen LogP contribution in [-0.2, 0) is 0 Å². The third-order valence-corrected chi connectivity index (χ3v) is 3.24. The SMILES string of the molecule is O=C(c1cc([N+](=O)[O-])cc([N+](=O)[O-])c1)n1cnc2ccccc21. The van der Waals surface area contributed by atoms with Crippen LogP contribution in [0.25, 0.3) is 11.0 Å². The average Bonchev–Trinajstić information content (AvgIpc) is 2.97. The van der Waals surface area contributed by atoms with Gasteiger partial charge in [0.2, 0.25) is 0 Å². The highest BCUT2D eigenvalue weighted by Gasteiger charge is 2.21. The first-order valence-electron chi connectivity index (χ1n) is 6.38. The van der Waals surface area contributed by atoms with Crippen molar-refractivity contribution in [2.45, 2.75) is 0 Å². The molecule has 2 aromatic carbocycles. The summed E-state index contributed by atoms with van der Waals surface area (Å²) in [5.74, 6) is -0.634. The third-order valence-electron chi connectivity index (χ3n) is 3.24. The van der Waals surface area contributed by atoms with E-state index in [4.69, 9.17) is 0 Å². The zero-order valence-electron chi connectivity index (χ0n) is 11.4. The molecule has 9 nitrogen and oxygen atoms in total. The van der Waals surface area contributed by atoms with Crippen LogP contribution < -0.4 is 0 Å². The highest BCUT2D eigenvalue weighted by atomic mass is 16.6. The van der Waals surface area contributed by atoms with Gasteiger partial charge < -0.3 is 0 Å². The molecule has 0 radical (unpaired) electrons. The number of nitro groups is 2. The van der Waals surface area contributed by atoms with Crippen molar-refractivity contribution in [3.8, 4) is 0 Å². The van der Waals surface area contributed by atoms with Gasteiger partial charge in [-0.25, -0.2) is 4.98 Å². The van der Waals surface area contributed by atoms with Gasteiger partial charge in [0, 0.05) is 12.1 Å². The molecule has 0 aliphatic heterocycles. The maximum absolute atomic E-state index is 12.5. The fraction of sp³-hybridized carbons (Fsp3) is 0. The Bertz CT molecular complexity index is 930. The summed E-state index contributed by atoms with van der Waals surface area (Å²) in [7, 11) is 0. The molecule has 9 heteroatoms. The normalized spacial score (nSPS) is 10.6. The number of nitrogens with zero attached hydrogens (tertiary/aromatic N) is 4. The van der Waals surface area contributed by atoms with Crippen LogP contribution in [-0.4, -0.2) is 25.3 Å². The Morgan fingerprint density at radius 1 is 1.00 bits per heavy atom. The van der Waals surface area contributed by atoms with Crippen LogP contribution >= 0.6 is 0 Å². The number of aromatic nitrogens is 2. The van der Waals surface area contributed by atoms with Crippen molar-refractivity contribution in [2.75, 3.05) is 0 Å². The Morgan fingerprint density at radius 3 is 2.22 bits per heavy atom. The van der Waals surface area contributed by atoms with E-state index in [2.05, 4.69) is 4.98 Å². The van der Waals surface area contributed by atoms with Crippen LogP contribution in [0.15, 0.2) is 48.8 Å². The summed E-state index contributed by atoms with van der Waals surface area (Å²) < 4.78 is 1.19. The molecule has 0 saturated carbocycles. The van der Waals surface area contributed by atoms with Crippen LogP contribution in [0.1, 0.15) is 10.4 Å². The number of imidazole rings is 1. The first kappa shape index (κ1) is 14.3. The summed E-state index contributed by atoms with van der Waals surface area (Å²) in [6.07, 6.45) is 1.28. The van der Waals surface area contributed by atoms with Gasteiger partial charge in [0.15, 0.2) is 0 Å². The Balaban J connectivity index is 2.15. The summed E-state index contributed by atoms with van der Waals surface area (Å²) in [6.45, 7) is 0. The lowest BCUT2D eigenvalue weighted by atomic mass is 10.1. The molecule has 0 aliphatic rings. The minimum Gasteiger partial charge on any atom is -0.268 e. The van der Waals surface area contributed by atoms with Gasteiger partial charge in [0.1, 0.15) is 6.33 Å². The summed E-state index contributed by atoms with van der Waals surface area (Å²) in [5.41, 5.74) is -0.125. The van der Waals surface area contributed by atoms with Gasteiger partial charge in [-0.3, -0.25) is 29.6 Å². The number of para-hydroxylation sites is 2. The molecule has 0 saturated heterocycles. The lowest BCUT2D eigenvalue weighted by Gasteiger charge is -2.03. The van der Waals surface area contributed by atoms with Gasteiger partial charge in [-0.1, -0.05) is 12.1 Å². The predicted molar refractivity (Wildman–Crippen MR) is 79.2 cm³/mol. The summed E-state index contributed by atoms with van der Waals surface area (Å²) in [5, 5.41) is 21.8. The van der Waals surface area contributed by atoms with Gasteiger partial charge in [-0.2, -0.15) is 0 Å². The minimum absolute atomic E-state index is 0.158. The first-order chi connectivity index (χ1) is 11.0. The average molecular weight is 312 g/mol. The smallest absolute Gasteiger partial charge is 0.268 e. The van der Waals surface area contributed by atoms with E-state index in [0.717, 1.165) is 18.2 Å². The second-order valence-electron chi connectivity index (χ2n) is 4.66. The Hall–Kier alpha value is -3.62. The van der Waals surface area contributed by atoms with Crippen molar-refractivity contribution in [3.63, 3.8) is 0 Å². The molecule has 3 aromatic rings. The van der Waals surface area contributed by atoms with Crippen molar-refractivity contribution in [1.82, 2.24) is 9.55 Å². The molecule has 0 fully saturated rings. The van der Waals surface area contributed by atoms with Gasteiger partial charge in [-0.05, 0) is 12.1 Å². The number of hydrogen-bond donors (Lipinski definition) is 0. The highest BCUT2D eigenvalue weighted by molar-refractivity contribution is 6.01. The minimum atomic E-state index is -0.782. The van der Waals surface area contributed by atoms with E-state index >= 15 is 0 Å². The van der Waals surface area contributed by atoms with Crippen LogP contribution in [0.2, 0.25) is 0 Å². The molecule has 0 unspecified atom stereocenters. The van der Waals surface area contributed by atoms with Gasteiger partial charge in [0.05, 0.1) is 32.5 Å². The maximum atomic E-state index is 12.5. The molecule has 3 rings (SSSR count). The van der Waals surface area contributed by atoms with Crippen LogP contribution in [0.5, 0.6) is 0 Å². The molecular weight excluding hydrogens is 304 g/mol. The number of fused-ring (bicyclic) bond motifs is 1. The number of carbonyl (C=O) groups excluding carboxylic acids is 1. The molecule has 1 aromatic heterocycles. The van der Waals surface area contributed by atoms with E-state index in [1.165, 1.54) is 10.9 Å². The van der Waals surface area contributed by atoms with Crippen LogP contribution in [0.4, 0.5) is 11.4 Å². The molecule has 23 heavy (non-hydrogen) atoms. The quantitative estimate of drug-likeness (QED) is 0.541. The molecule has 0 aliphatic carbocycles. The molecule has 0 N–H and O–H groups in total. The number of hydrogen-bond acceptors (Lipinski definition) is 6. The number of carbonyl (C=O) groups is 1. The van der Waals surface area contributed by atoms with Crippen molar-refractivity contribution in [1.29, 1.82) is 0 Å². The van der Waals surface area contributed by atoms with E-state index in [1.54, 1.807) is 24.3 Å². The monoisotopic (exact) mass is 312 g/mol. The molecule has 0 bridgehead atoms. The van der Waals surface area contributed by atoms with E-state index < -0.39 is 27.1 Å². The number of nitro benzene ring substituents is 2. The maximum Gasteiger partial charge on any atom is 0.277 e. The van der Waals surface area contributed by atoms with Crippen molar-refractivity contribution >= 4 is 28.3 Å². The number of rotatable bonds is 3. The van der Waals surface area contributed by atoms with E-state index in [0.29, 0.717) is 11.0 Å². The number of non-ortho nitro benzene ring substituents is 2. The van der Waals surface area contributed by atoms with Gasteiger partial charge in [-0.15, -0.1) is 0 Å². The van der Waals surface area contributed by atoms with Crippen molar-refractivity contribution in [2.24, 2.45) is 0 Å². The van der Waals surface area contributed by atoms with Gasteiger partial charge >= 0.3 is 0 Å². The number of benzene rings is 2. The van der Waals surface area contributed by atoms with Crippen molar-refractivity contribution in [3.05, 3.63) is 74.6 Å². The lowest BCUT2D eigenvalue weighted by Crippen LogP contribution is -2.11. The third kappa shape index (κ3) is 2.50. The van der Waals surface area contributed by atoms with E-state index in [9.17, 15) is 25.0 Å². The van der Waals surface area contributed by atoms with Crippen molar-refractivity contribution < 1.29 is 14.6 Å².